The Bertz CT molecular complexity index is 2840. The summed E-state index contributed by atoms with van der Waals surface area (Å²) in [6, 6.07) is 74.3. The van der Waals surface area contributed by atoms with Crippen LogP contribution in [0.3, 0.4) is 0 Å². The van der Waals surface area contributed by atoms with Gasteiger partial charge in [0.25, 0.3) is 0 Å². The van der Waals surface area contributed by atoms with E-state index in [-0.39, 0.29) is 5.92 Å². The van der Waals surface area contributed by atoms with Crippen LogP contribution in [0.2, 0.25) is 0 Å². The summed E-state index contributed by atoms with van der Waals surface area (Å²) in [6.07, 6.45) is 0. The highest BCUT2D eigenvalue weighted by molar-refractivity contribution is 6.20. The quantitative estimate of drug-likeness (QED) is 0.123. The summed E-state index contributed by atoms with van der Waals surface area (Å²) in [5, 5.41) is 7.00. The zero-order valence-electron chi connectivity index (χ0n) is 29.1. The highest BCUT2D eigenvalue weighted by Crippen LogP contribution is 2.45. The van der Waals surface area contributed by atoms with Gasteiger partial charge in [-0.1, -0.05) is 158 Å². The number of hydrogen-bond donors (Lipinski definition) is 0. The van der Waals surface area contributed by atoms with Gasteiger partial charge in [0, 0.05) is 33.5 Å². The zero-order valence-corrected chi connectivity index (χ0v) is 29.1. The summed E-state index contributed by atoms with van der Waals surface area (Å²) in [4.78, 5) is 2.43. The van der Waals surface area contributed by atoms with Crippen molar-refractivity contribution in [3.8, 4) is 11.1 Å². The molecule has 0 unspecified atom stereocenters. The van der Waals surface area contributed by atoms with Gasteiger partial charge in [-0.2, -0.15) is 0 Å². The highest BCUT2D eigenvalue weighted by Gasteiger charge is 2.22. The zero-order chi connectivity index (χ0) is 35.1. The van der Waals surface area contributed by atoms with Crippen molar-refractivity contribution < 1.29 is 4.42 Å². The lowest BCUT2D eigenvalue weighted by Crippen LogP contribution is -2.12. The van der Waals surface area contributed by atoms with Crippen LogP contribution < -0.4 is 4.90 Å². The maximum Gasteiger partial charge on any atom is 0.136 e. The Hall–Kier alpha value is -6.90. The maximum atomic E-state index is 6.45. The van der Waals surface area contributed by atoms with Crippen molar-refractivity contribution in [1.82, 2.24) is 0 Å². The smallest absolute Gasteiger partial charge is 0.136 e. The van der Waals surface area contributed by atoms with Gasteiger partial charge >= 0.3 is 0 Å². The average molecular weight is 678 g/mol. The molecule has 0 aliphatic heterocycles. The van der Waals surface area contributed by atoms with Gasteiger partial charge in [-0.05, 0) is 92.5 Å². The van der Waals surface area contributed by atoms with Gasteiger partial charge in [0.05, 0.1) is 5.69 Å². The van der Waals surface area contributed by atoms with Crippen LogP contribution in [0.5, 0.6) is 0 Å². The second kappa shape index (κ2) is 13.0. The minimum absolute atomic E-state index is 0.0781. The van der Waals surface area contributed by atoms with E-state index in [9.17, 15) is 0 Å². The lowest BCUT2D eigenvalue weighted by Gasteiger charge is -2.29. The molecule has 9 aromatic carbocycles. The number of rotatable bonds is 7. The van der Waals surface area contributed by atoms with E-state index in [1.165, 1.54) is 44.0 Å². The molecule has 0 saturated carbocycles. The van der Waals surface area contributed by atoms with Crippen molar-refractivity contribution in [1.29, 1.82) is 0 Å². The third-order valence-corrected chi connectivity index (χ3v) is 10.5. The number of hydrogen-bond acceptors (Lipinski definition) is 2. The molecule has 0 bridgehead atoms. The lowest BCUT2D eigenvalue weighted by molar-refractivity contribution is 0.669. The normalized spacial score (nSPS) is 11.6. The third-order valence-electron chi connectivity index (χ3n) is 10.5. The Balaban J connectivity index is 1.21. The highest BCUT2D eigenvalue weighted by atomic mass is 16.3. The molecular formula is C51H35NO. The number of para-hydroxylation sites is 1. The molecule has 0 N–H and O–H groups in total. The fourth-order valence-electron chi connectivity index (χ4n) is 8.07. The van der Waals surface area contributed by atoms with Crippen LogP contribution in [0.1, 0.15) is 22.6 Å². The monoisotopic (exact) mass is 677 g/mol. The van der Waals surface area contributed by atoms with Crippen LogP contribution in [0.15, 0.2) is 211 Å². The molecule has 0 aliphatic carbocycles. The summed E-state index contributed by atoms with van der Waals surface area (Å²) in [7, 11) is 0. The molecule has 1 aromatic heterocycles. The topological polar surface area (TPSA) is 16.4 Å². The second-order valence-electron chi connectivity index (χ2n) is 13.7. The first kappa shape index (κ1) is 30.9. The van der Waals surface area contributed by atoms with Gasteiger partial charge in [-0.25, -0.2) is 0 Å². The summed E-state index contributed by atoms with van der Waals surface area (Å²) in [5.74, 6) is 0.0781. The molecule has 0 aliphatic rings. The predicted molar refractivity (Wildman–Crippen MR) is 223 cm³/mol. The number of fused-ring (bicyclic) bond motifs is 6. The Labute approximate surface area is 308 Å². The molecule has 0 saturated heterocycles. The molecule has 53 heavy (non-hydrogen) atoms. The Morgan fingerprint density at radius 1 is 0.358 bits per heavy atom. The first-order chi connectivity index (χ1) is 26.3. The summed E-state index contributed by atoms with van der Waals surface area (Å²) < 4.78 is 6.45. The molecule has 250 valence electrons. The molecule has 0 fully saturated rings. The molecule has 0 spiro atoms. The number of benzene rings is 9. The van der Waals surface area contributed by atoms with Crippen molar-refractivity contribution in [3.05, 3.63) is 223 Å². The number of anilines is 3. The predicted octanol–water partition coefficient (Wildman–Crippen LogP) is 14.2. The Morgan fingerprint density at radius 2 is 0.981 bits per heavy atom. The van der Waals surface area contributed by atoms with Gasteiger partial charge < -0.3 is 9.32 Å². The van der Waals surface area contributed by atoms with Crippen LogP contribution >= 0.6 is 0 Å². The average Bonchev–Trinajstić information content (AvgIpc) is 3.59. The lowest BCUT2D eigenvalue weighted by atomic mass is 9.85. The Kier molecular flexibility index (Phi) is 7.58. The second-order valence-corrected chi connectivity index (χ2v) is 13.7. The maximum absolute atomic E-state index is 6.45. The van der Waals surface area contributed by atoms with E-state index in [0.717, 1.165) is 44.4 Å². The van der Waals surface area contributed by atoms with Crippen molar-refractivity contribution in [2.24, 2.45) is 0 Å². The van der Waals surface area contributed by atoms with Gasteiger partial charge in [0.15, 0.2) is 0 Å². The van der Waals surface area contributed by atoms with Crippen molar-refractivity contribution in [2.75, 3.05) is 4.90 Å². The van der Waals surface area contributed by atoms with E-state index in [0.29, 0.717) is 0 Å². The fourth-order valence-corrected chi connectivity index (χ4v) is 8.07. The van der Waals surface area contributed by atoms with Gasteiger partial charge in [0.1, 0.15) is 11.2 Å². The van der Waals surface area contributed by atoms with Gasteiger partial charge in [-0.3, -0.25) is 0 Å². The standard InChI is InChI=1S/C51H35NO/c1-4-14-35(15-5-1)36-28-30-42(31-29-36)52(43-22-12-21-41(32-43)50(37-16-6-2-7-17-37)38-18-8-3-9-19-38)47-24-13-20-39-26-27-40-33-46-44-23-10-11-25-48(44)53-49(46)34-45(40)51(39)47/h1-34,50H. The van der Waals surface area contributed by atoms with Crippen molar-refractivity contribution in [2.45, 2.75) is 5.92 Å². The van der Waals surface area contributed by atoms with Gasteiger partial charge in [0.2, 0.25) is 0 Å². The molecule has 1 heterocycles. The fraction of sp³-hybridized carbons (Fsp3) is 0.0196. The largest absolute Gasteiger partial charge is 0.456 e. The van der Waals surface area contributed by atoms with E-state index >= 15 is 0 Å². The van der Waals surface area contributed by atoms with E-state index < -0.39 is 0 Å². The molecular weight excluding hydrogens is 643 g/mol. The molecule has 10 rings (SSSR count). The third kappa shape index (κ3) is 5.53. The van der Waals surface area contributed by atoms with E-state index in [4.69, 9.17) is 4.42 Å². The molecule has 10 aromatic rings. The number of nitrogens with zero attached hydrogens (tertiary/aromatic N) is 1. The van der Waals surface area contributed by atoms with Crippen molar-refractivity contribution in [3.63, 3.8) is 0 Å². The first-order valence-corrected chi connectivity index (χ1v) is 18.2. The molecule has 2 heteroatoms. The van der Waals surface area contributed by atoms with Crippen LogP contribution in [0, 0.1) is 0 Å². The van der Waals surface area contributed by atoms with E-state index in [1.807, 2.05) is 6.07 Å². The van der Waals surface area contributed by atoms with Crippen LogP contribution in [-0.4, -0.2) is 0 Å². The van der Waals surface area contributed by atoms with E-state index in [2.05, 4.69) is 205 Å². The summed E-state index contributed by atoms with van der Waals surface area (Å²) >= 11 is 0. The molecule has 0 amide bonds. The van der Waals surface area contributed by atoms with Crippen LogP contribution in [0.4, 0.5) is 17.1 Å². The summed E-state index contributed by atoms with van der Waals surface area (Å²) in [5.41, 5.74) is 11.3. The van der Waals surface area contributed by atoms with Crippen LogP contribution in [-0.2, 0) is 0 Å². The SMILES string of the molecule is c1ccc(-c2ccc(N(c3cccc(C(c4ccccc4)c4ccccc4)c3)c3cccc4ccc5cc6c(cc5c34)oc3ccccc36)cc2)cc1. The minimum Gasteiger partial charge on any atom is -0.456 e. The van der Waals surface area contributed by atoms with E-state index in [1.54, 1.807) is 0 Å². The molecule has 0 atom stereocenters. The first-order valence-electron chi connectivity index (χ1n) is 18.2. The van der Waals surface area contributed by atoms with Crippen molar-refractivity contribution >= 4 is 60.5 Å². The Morgan fingerprint density at radius 3 is 1.74 bits per heavy atom. The number of furan rings is 1. The van der Waals surface area contributed by atoms with Crippen LogP contribution in [0.25, 0.3) is 54.6 Å². The summed E-state index contributed by atoms with van der Waals surface area (Å²) in [6.45, 7) is 0. The minimum atomic E-state index is 0.0781. The molecule has 0 radical (unpaired) electrons. The van der Waals surface area contributed by atoms with Gasteiger partial charge in [-0.15, -0.1) is 0 Å². The molecule has 2 nitrogen and oxygen atoms in total.